The van der Waals surface area contributed by atoms with E-state index in [1.165, 1.54) is 0 Å². The summed E-state index contributed by atoms with van der Waals surface area (Å²) < 4.78 is 4.09. The molecule has 5 heteroatoms. The Morgan fingerprint density at radius 2 is 2.12 bits per heavy atom. The van der Waals surface area contributed by atoms with Gasteiger partial charge in [-0.2, -0.15) is 0 Å². The minimum atomic E-state index is -0.916. The van der Waals surface area contributed by atoms with Crippen LogP contribution < -0.4 is 11.5 Å². The first-order chi connectivity index (χ1) is 3.63. The van der Waals surface area contributed by atoms with Crippen molar-refractivity contribution in [3.8, 4) is 0 Å². The van der Waals surface area contributed by atoms with Crippen molar-refractivity contribution in [2.45, 2.75) is 0 Å². The smallest absolute Gasteiger partial charge is 0.404 e. The fourth-order valence-corrected chi connectivity index (χ4v) is 0.149. The summed E-state index contributed by atoms with van der Waals surface area (Å²) in [4.78, 5) is 9.75. The predicted octanol–water partition coefficient (Wildman–Crippen LogP) is -0.982. The van der Waals surface area contributed by atoms with E-state index in [1.807, 2.05) is 0 Å². The highest BCUT2D eigenvalue weighted by Crippen LogP contribution is 1.69. The fraction of sp³-hybridized carbons (Fsp3) is 0.333. The second-order valence-corrected chi connectivity index (χ2v) is 1.13. The molecule has 0 aliphatic rings. The van der Waals surface area contributed by atoms with Gasteiger partial charge in [-0.25, -0.2) is 4.79 Å². The molecule has 46 valence electrons. The van der Waals surface area contributed by atoms with E-state index < -0.39 is 6.09 Å². The average Bonchev–Trinajstić information content (AvgIpc) is 1.61. The van der Waals surface area contributed by atoms with Crippen LogP contribution in [-0.4, -0.2) is 18.5 Å². The van der Waals surface area contributed by atoms with Crippen molar-refractivity contribution in [1.29, 1.82) is 5.41 Å². The fourth-order valence-electron chi connectivity index (χ4n) is 0.149. The number of ether oxygens (including phenoxy) is 1. The Labute approximate surface area is 46.1 Å². The van der Waals surface area contributed by atoms with Gasteiger partial charge in [0.15, 0.2) is 0 Å². The van der Waals surface area contributed by atoms with Crippen LogP contribution in [0.5, 0.6) is 0 Å². The standard InChI is InChI=1S/C3H7N3O2/c4-2(5)1-8-3(6)7/h1H2,(H3,4,5)(H2,6,7). The Bertz CT molecular complexity index is 97.1. The molecule has 0 saturated heterocycles. The van der Waals surface area contributed by atoms with Crippen molar-refractivity contribution < 1.29 is 9.53 Å². The zero-order valence-electron chi connectivity index (χ0n) is 4.18. The molecule has 0 aliphatic carbocycles. The van der Waals surface area contributed by atoms with Crippen LogP contribution >= 0.6 is 0 Å². The van der Waals surface area contributed by atoms with Gasteiger partial charge in [0, 0.05) is 0 Å². The molecule has 5 nitrogen and oxygen atoms in total. The lowest BCUT2D eigenvalue weighted by molar-refractivity contribution is 0.172. The number of carbonyl (C=O) groups excluding carboxylic acids is 1. The second-order valence-electron chi connectivity index (χ2n) is 1.13. The lowest BCUT2D eigenvalue weighted by Gasteiger charge is -1.95. The Kier molecular flexibility index (Phi) is 2.39. The maximum Gasteiger partial charge on any atom is 0.404 e. The van der Waals surface area contributed by atoms with Crippen molar-refractivity contribution >= 4 is 11.9 Å². The van der Waals surface area contributed by atoms with Crippen LogP contribution in [0.3, 0.4) is 0 Å². The van der Waals surface area contributed by atoms with E-state index in [2.05, 4.69) is 10.5 Å². The largest absolute Gasteiger partial charge is 0.442 e. The molecular weight excluding hydrogens is 110 g/mol. The molecule has 0 radical (unpaired) electrons. The van der Waals surface area contributed by atoms with E-state index >= 15 is 0 Å². The summed E-state index contributed by atoms with van der Waals surface area (Å²) in [6, 6.07) is 0. The molecule has 0 fully saturated rings. The van der Waals surface area contributed by atoms with Gasteiger partial charge in [-0.05, 0) is 0 Å². The van der Waals surface area contributed by atoms with Gasteiger partial charge in [-0.3, -0.25) is 5.41 Å². The van der Waals surface area contributed by atoms with Crippen molar-refractivity contribution in [2.75, 3.05) is 6.61 Å². The van der Waals surface area contributed by atoms with E-state index in [4.69, 9.17) is 11.1 Å². The van der Waals surface area contributed by atoms with Gasteiger partial charge in [0.1, 0.15) is 12.4 Å². The van der Waals surface area contributed by atoms with Crippen molar-refractivity contribution in [3.63, 3.8) is 0 Å². The Hall–Kier alpha value is -1.26. The van der Waals surface area contributed by atoms with Gasteiger partial charge in [0.25, 0.3) is 0 Å². The normalized spacial score (nSPS) is 8.00. The molecule has 8 heavy (non-hydrogen) atoms. The van der Waals surface area contributed by atoms with Crippen molar-refractivity contribution in [2.24, 2.45) is 11.5 Å². The first-order valence-electron chi connectivity index (χ1n) is 1.88. The number of amidine groups is 1. The Balaban J connectivity index is 3.18. The number of nitrogens with two attached hydrogens (primary N) is 2. The summed E-state index contributed by atoms with van der Waals surface area (Å²) >= 11 is 0. The zero-order chi connectivity index (χ0) is 6.57. The molecule has 0 unspecified atom stereocenters. The van der Waals surface area contributed by atoms with Crippen LogP contribution in [0.1, 0.15) is 0 Å². The monoisotopic (exact) mass is 117 g/mol. The third kappa shape index (κ3) is 4.74. The van der Waals surface area contributed by atoms with Crippen LogP contribution in [0, 0.1) is 5.41 Å². The molecule has 1 amide bonds. The molecule has 0 atom stereocenters. The van der Waals surface area contributed by atoms with Gasteiger partial charge in [-0.1, -0.05) is 0 Å². The molecule has 0 aromatic carbocycles. The predicted molar refractivity (Wildman–Crippen MR) is 27.4 cm³/mol. The minimum absolute atomic E-state index is 0.219. The number of nitrogens with one attached hydrogen (secondary N) is 1. The molecule has 0 bridgehead atoms. The van der Waals surface area contributed by atoms with Gasteiger partial charge in [0.05, 0.1) is 0 Å². The number of amides is 1. The lowest BCUT2D eigenvalue weighted by atomic mass is 10.7. The van der Waals surface area contributed by atoms with Crippen LogP contribution in [0.15, 0.2) is 0 Å². The maximum absolute atomic E-state index is 9.75. The SMILES string of the molecule is N=C(N)COC(N)=O. The van der Waals surface area contributed by atoms with E-state index in [-0.39, 0.29) is 12.4 Å². The highest BCUT2D eigenvalue weighted by Gasteiger charge is 1.92. The van der Waals surface area contributed by atoms with Gasteiger partial charge >= 0.3 is 6.09 Å². The van der Waals surface area contributed by atoms with Crippen molar-refractivity contribution in [3.05, 3.63) is 0 Å². The van der Waals surface area contributed by atoms with E-state index in [1.54, 1.807) is 0 Å². The molecule has 0 aromatic rings. The summed E-state index contributed by atoms with van der Waals surface area (Å²) in [6.07, 6.45) is -0.916. The molecule has 5 N–H and O–H groups in total. The topological polar surface area (TPSA) is 102 Å². The highest BCUT2D eigenvalue weighted by molar-refractivity contribution is 5.80. The van der Waals surface area contributed by atoms with E-state index in [0.717, 1.165) is 0 Å². The summed E-state index contributed by atoms with van der Waals surface area (Å²) in [5.74, 6) is -0.219. The molecule has 0 aromatic heterocycles. The molecule has 0 saturated carbocycles. The Morgan fingerprint density at radius 1 is 1.62 bits per heavy atom. The Morgan fingerprint density at radius 3 is 2.25 bits per heavy atom. The third-order valence-electron chi connectivity index (χ3n) is 0.370. The number of carbonyl (C=O) groups is 1. The van der Waals surface area contributed by atoms with Crippen LogP contribution in [0.2, 0.25) is 0 Å². The first kappa shape index (κ1) is 6.74. The van der Waals surface area contributed by atoms with Gasteiger partial charge in [0.2, 0.25) is 0 Å². The summed E-state index contributed by atoms with van der Waals surface area (Å²) in [5.41, 5.74) is 9.32. The number of rotatable bonds is 2. The number of primary amides is 1. The summed E-state index contributed by atoms with van der Waals surface area (Å²) in [6.45, 7) is -0.227. The summed E-state index contributed by atoms with van der Waals surface area (Å²) in [5, 5.41) is 6.53. The van der Waals surface area contributed by atoms with E-state index in [0.29, 0.717) is 0 Å². The number of hydrogen-bond donors (Lipinski definition) is 3. The van der Waals surface area contributed by atoms with Gasteiger partial charge < -0.3 is 16.2 Å². The van der Waals surface area contributed by atoms with Crippen molar-refractivity contribution in [1.82, 2.24) is 0 Å². The zero-order valence-corrected chi connectivity index (χ0v) is 4.18. The average molecular weight is 117 g/mol. The molecule has 0 heterocycles. The first-order valence-corrected chi connectivity index (χ1v) is 1.88. The summed E-state index contributed by atoms with van der Waals surface area (Å²) in [7, 11) is 0. The van der Waals surface area contributed by atoms with Crippen LogP contribution in [0.25, 0.3) is 0 Å². The number of hydrogen-bond acceptors (Lipinski definition) is 3. The molecule has 0 rings (SSSR count). The van der Waals surface area contributed by atoms with Crippen LogP contribution in [0.4, 0.5) is 4.79 Å². The molecular formula is C3H7N3O2. The molecule has 0 spiro atoms. The third-order valence-corrected chi connectivity index (χ3v) is 0.370. The minimum Gasteiger partial charge on any atom is -0.442 e. The lowest BCUT2D eigenvalue weighted by Crippen LogP contribution is -2.23. The quantitative estimate of drug-likeness (QED) is 0.320. The molecule has 0 aliphatic heterocycles. The maximum atomic E-state index is 9.75. The van der Waals surface area contributed by atoms with Crippen LogP contribution in [-0.2, 0) is 4.74 Å². The second kappa shape index (κ2) is 2.84. The van der Waals surface area contributed by atoms with Gasteiger partial charge in [-0.15, -0.1) is 0 Å². The highest BCUT2D eigenvalue weighted by atomic mass is 16.5. The van der Waals surface area contributed by atoms with E-state index in [9.17, 15) is 4.79 Å².